The SMILES string of the molecule is NC1CC=C(Cc2ccncc2Cl)CC1. The van der Waals surface area contributed by atoms with Gasteiger partial charge in [-0.25, -0.2) is 0 Å². The third kappa shape index (κ3) is 2.80. The van der Waals surface area contributed by atoms with E-state index in [1.165, 1.54) is 5.57 Å². The fraction of sp³-hybridized carbons (Fsp3) is 0.417. The van der Waals surface area contributed by atoms with Crippen LogP contribution in [0.3, 0.4) is 0 Å². The van der Waals surface area contributed by atoms with Crippen LogP contribution in [0.2, 0.25) is 5.02 Å². The van der Waals surface area contributed by atoms with Crippen molar-refractivity contribution in [2.75, 3.05) is 0 Å². The summed E-state index contributed by atoms with van der Waals surface area (Å²) in [5, 5.41) is 0.758. The Kier molecular flexibility index (Phi) is 3.39. The van der Waals surface area contributed by atoms with E-state index in [0.29, 0.717) is 6.04 Å². The summed E-state index contributed by atoms with van der Waals surface area (Å²) in [5.74, 6) is 0. The molecule has 0 amide bonds. The number of halogens is 1. The number of hydrogen-bond acceptors (Lipinski definition) is 2. The summed E-state index contributed by atoms with van der Waals surface area (Å²) in [6.45, 7) is 0. The number of nitrogens with two attached hydrogens (primary N) is 1. The Morgan fingerprint density at radius 1 is 1.53 bits per heavy atom. The third-order valence-corrected chi connectivity index (χ3v) is 3.16. The summed E-state index contributed by atoms with van der Waals surface area (Å²) in [6.07, 6.45) is 9.87. The molecule has 80 valence electrons. The number of rotatable bonds is 2. The smallest absolute Gasteiger partial charge is 0.0624 e. The van der Waals surface area contributed by atoms with Crippen LogP contribution in [-0.4, -0.2) is 11.0 Å². The molecule has 2 nitrogen and oxygen atoms in total. The van der Waals surface area contributed by atoms with Crippen LogP contribution in [-0.2, 0) is 6.42 Å². The molecule has 1 heterocycles. The highest BCUT2D eigenvalue weighted by Gasteiger charge is 2.11. The Morgan fingerprint density at radius 2 is 2.40 bits per heavy atom. The van der Waals surface area contributed by atoms with Crippen LogP contribution in [0.15, 0.2) is 30.1 Å². The van der Waals surface area contributed by atoms with Crippen LogP contribution < -0.4 is 5.73 Å². The van der Waals surface area contributed by atoms with Crippen molar-refractivity contribution in [3.63, 3.8) is 0 Å². The van der Waals surface area contributed by atoms with Crippen molar-refractivity contribution in [1.29, 1.82) is 0 Å². The van der Waals surface area contributed by atoms with E-state index >= 15 is 0 Å². The number of hydrogen-bond donors (Lipinski definition) is 1. The molecular weight excluding hydrogens is 208 g/mol. The molecule has 2 N–H and O–H groups in total. The van der Waals surface area contributed by atoms with Crippen molar-refractivity contribution in [3.05, 3.63) is 40.7 Å². The molecule has 15 heavy (non-hydrogen) atoms. The van der Waals surface area contributed by atoms with Gasteiger partial charge in [0.25, 0.3) is 0 Å². The predicted octanol–water partition coefficient (Wildman–Crippen LogP) is 2.72. The van der Waals surface area contributed by atoms with Crippen LogP contribution >= 0.6 is 11.6 Å². The quantitative estimate of drug-likeness (QED) is 0.782. The molecule has 0 spiro atoms. The first-order valence-corrected chi connectivity index (χ1v) is 5.65. The second-order valence-corrected chi connectivity index (χ2v) is 4.45. The highest BCUT2D eigenvalue weighted by molar-refractivity contribution is 6.31. The topological polar surface area (TPSA) is 38.9 Å². The fourth-order valence-corrected chi connectivity index (χ4v) is 2.05. The van der Waals surface area contributed by atoms with E-state index in [1.807, 2.05) is 6.07 Å². The van der Waals surface area contributed by atoms with Crippen molar-refractivity contribution in [2.45, 2.75) is 31.7 Å². The maximum absolute atomic E-state index is 6.06. The minimum absolute atomic E-state index is 0.349. The van der Waals surface area contributed by atoms with Crippen molar-refractivity contribution in [3.8, 4) is 0 Å². The minimum atomic E-state index is 0.349. The molecule has 1 aliphatic rings. The summed E-state index contributed by atoms with van der Waals surface area (Å²) in [6, 6.07) is 2.33. The van der Waals surface area contributed by atoms with Gasteiger partial charge in [0, 0.05) is 18.4 Å². The van der Waals surface area contributed by atoms with E-state index in [0.717, 1.165) is 36.3 Å². The summed E-state index contributed by atoms with van der Waals surface area (Å²) >= 11 is 6.06. The third-order valence-electron chi connectivity index (χ3n) is 2.82. The van der Waals surface area contributed by atoms with Gasteiger partial charge in [0.1, 0.15) is 0 Å². The molecular formula is C12H15ClN2. The normalized spacial score (nSPS) is 21.2. The molecule has 0 fully saturated rings. The second-order valence-electron chi connectivity index (χ2n) is 4.04. The Bertz CT molecular complexity index is 374. The van der Waals surface area contributed by atoms with Gasteiger partial charge in [0.2, 0.25) is 0 Å². The number of pyridine rings is 1. The number of aromatic nitrogens is 1. The molecule has 0 aliphatic heterocycles. The summed E-state index contributed by atoms with van der Waals surface area (Å²) in [7, 11) is 0. The monoisotopic (exact) mass is 222 g/mol. The number of allylic oxidation sites excluding steroid dienone is 1. The number of nitrogens with zero attached hydrogens (tertiary/aromatic N) is 1. The molecule has 1 atom stereocenters. The predicted molar refractivity (Wildman–Crippen MR) is 62.9 cm³/mol. The van der Waals surface area contributed by atoms with Gasteiger partial charge in [-0.3, -0.25) is 4.98 Å². The standard InChI is InChI=1S/C12H15ClN2/c13-12-8-15-6-5-10(12)7-9-1-3-11(14)4-2-9/h1,5-6,8,11H,2-4,7,14H2. The van der Waals surface area contributed by atoms with Crippen molar-refractivity contribution < 1.29 is 0 Å². The van der Waals surface area contributed by atoms with Crippen LogP contribution in [0.1, 0.15) is 24.8 Å². The van der Waals surface area contributed by atoms with Crippen LogP contribution in [0.25, 0.3) is 0 Å². The first-order chi connectivity index (χ1) is 7.25. The van der Waals surface area contributed by atoms with Crippen LogP contribution in [0.5, 0.6) is 0 Å². The molecule has 1 aromatic heterocycles. The molecule has 0 saturated heterocycles. The highest BCUT2D eigenvalue weighted by atomic mass is 35.5. The van der Waals surface area contributed by atoms with Crippen LogP contribution in [0.4, 0.5) is 0 Å². The summed E-state index contributed by atoms with van der Waals surface area (Å²) in [5.41, 5.74) is 8.45. The lowest BCUT2D eigenvalue weighted by Gasteiger charge is -2.18. The lowest BCUT2D eigenvalue weighted by molar-refractivity contribution is 0.583. The zero-order chi connectivity index (χ0) is 10.7. The average molecular weight is 223 g/mol. The zero-order valence-corrected chi connectivity index (χ0v) is 9.37. The molecule has 1 aromatic rings. The first kappa shape index (κ1) is 10.7. The van der Waals surface area contributed by atoms with Gasteiger partial charge >= 0.3 is 0 Å². The van der Waals surface area contributed by atoms with E-state index in [9.17, 15) is 0 Å². The summed E-state index contributed by atoms with van der Waals surface area (Å²) < 4.78 is 0. The summed E-state index contributed by atoms with van der Waals surface area (Å²) in [4.78, 5) is 3.98. The van der Waals surface area contributed by atoms with Gasteiger partial charge in [0.05, 0.1) is 5.02 Å². The second kappa shape index (κ2) is 4.77. The lowest BCUT2D eigenvalue weighted by atomic mass is 9.92. The zero-order valence-electron chi connectivity index (χ0n) is 8.62. The maximum Gasteiger partial charge on any atom is 0.0624 e. The van der Waals surface area contributed by atoms with Crippen molar-refractivity contribution in [2.24, 2.45) is 5.73 Å². The fourth-order valence-electron chi connectivity index (χ4n) is 1.86. The molecule has 0 aromatic carbocycles. The molecule has 2 rings (SSSR count). The highest BCUT2D eigenvalue weighted by Crippen LogP contribution is 2.23. The Hall–Kier alpha value is -0.860. The molecule has 0 radical (unpaired) electrons. The Balaban J connectivity index is 2.06. The molecule has 3 heteroatoms. The minimum Gasteiger partial charge on any atom is -0.327 e. The van der Waals surface area contributed by atoms with Gasteiger partial charge < -0.3 is 5.73 Å². The van der Waals surface area contributed by atoms with E-state index in [1.54, 1.807) is 12.4 Å². The van der Waals surface area contributed by atoms with Crippen LogP contribution in [0, 0.1) is 0 Å². The van der Waals surface area contributed by atoms with E-state index in [2.05, 4.69) is 11.1 Å². The Labute approximate surface area is 95.2 Å². The van der Waals surface area contributed by atoms with Crippen molar-refractivity contribution >= 4 is 11.6 Å². The van der Waals surface area contributed by atoms with Crippen molar-refractivity contribution in [1.82, 2.24) is 4.98 Å². The van der Waals surface area contributed by atoms with Gasteiger partial charge in [-0.05, 0) is 37.3 Å². The largest absolute Gasteiger partial charge is 0.327 e. The van der Waals surface area contributed by atoms with Gasteiger partial charge in [-0.2, -0.15) is 0 Å². The van der Waals surface area contributed by atoms with E-state index in [4.69, 9.17) is 17.3 Å². The maximum atomic E-state index is 6.06. The lowest BCUT2D eigenvalue weighted by Crippen LogP contribution is -2.22. The van der Waals surface area contributed by atoms with E-state index < -0.39 is 0 Å². The molecule has 1 unspecified atom stereocenters. The van der Waals surface area contributed by atoms with Gasteiger partial charge in [-0.15, -0.1) is 0 Å². The molecule has 0 saturated carbocycles. The van der Waals surface area contributed by atoms with E-state index in [-0.39, 0.29) is 0 Å². The van der Waals surface area contributed by atoms with Gasteiger partial charge in [-0.1, -0.05) is 23.3 Å². The Morgan fingerprint density at radius 3 is 3.07 bits per heavy atom. The average Bonchev–Trinajstić information content (AvgIpc) is 2.25. The molecule has 0 bridgehead atoms. The molecule has 1 aliphatic carbocycles. The van der Waals surface area contributed by atoms with Gasteiger partial charge in [0.15, 0.2) is 0 Å². The first-order valence-electron chi connectivity index (χ1n) is 5.27.